The van der Waals surface area contributed by atoms with Gasteiger partial charge < -0.3 is 19.6 Å². The molecule has 0 bridgehead atoms. The summed E-state index contributed by atoms with van der Waals surface area (Å²) in [5.74, 6) is -1.76. The summed E-state index contributed by atoms with van der Waals surface area (Å²) < 4.78 is 70.9. The molecular formula is C27H24N2O12S3. The van der Waals surface area contributed by atoms with Gasteiger partial charge in [-0.15, -0.1) is 16.4 Å². The second-order valence-corrected chi connectivity index (χ2v) is 13.8. The molecule has 0 saturated carbocycles. The van der Waals surface area contributed by atoms with Crippen LogP contribution in [0.3, 0.4) is 0 Å². The van der Waals surface area contributed by atoms with Gasteiger partial charge in [0, 0.05) is 48.8 Å². The summed E-state index contributed by atoms with van der Waals surface area (Å²) in [6, 6.07) is 12.0. The first-order valence-electron chi connectivity index (χ1n) is 12.9. The second-order valence-electron chi connectivity index (χ2n) is 9.67. The molecule has 2 amide bonds. The van der Waals surface area contributed by atoms with Crippen molar-refractivity contribution in [3.63, 3.8) is 0 Å². The number of amides is 2. The van der Waals surface area contributed by atoms with Gasteiger partial charge in [0.2, 0.25) is 6.29 Å². The number of carbonyl (C=O) groups excluding carboxylic acids is 3. The van der Waals surface area contributed by atoms with E-state index in [1.807, 2.05) is 11.8 Å². The lowest BCUT2D eigenvalue weighted by Crippen LogP contribution is -2.32. The predicted molar refractivity (Wildman–Crippen MR) is 155 cm³/mol. The summed E-state index contributed by atoms with van der Waals surface area (Å²) in [6.45, 7) is 2.84. The Labute approximate surface area is 255 Å². The predicted octanol–water partition coefficient (Wildman–Crippen LogP) is 2.74. The van der Waals surface area contributed by atoms with Crippen LogP contribution in [0.4, 0.5) is 5.69 Å². The van der Waals surface area contributed by atoms with E-state index < -0.39 is 53.4 Å². The van der Waals surface area contributed by atoms with Gasteiger partial charge >= 0.3 is 16.1 Å². The molecule has 5 rings (SSSR count). The van der Waals surface area contributed by atoms with E-state index >= 15 is 0 Å². The fraction of sp³-hybridized carbons (Fsp3) is 0.222. The Morgan fingerprint density at radius 3 is 2.27 bits per heavy atom. The SMILES string of the molecule is CCN(Cc1ccc(C(=O)ON2C(=O)CCC2=O)cc1)c1ccc2c(c1)OC(O)C(c1sc(S(=O)(=O)O)cc1S(=O)(=O)O)=C2. The summed E-state index contributed by atoms with van der Waals surface area (Å²) in [5.41, 5.74) is 1.93. The molecule has 44 heavy (non-hydrogen) atoms. The first-order valence-corrected chi connectivity index (χ1v) is 16.6. The summed E-state index contributed by atoms with van der Waals surface area (Å²) in [6.07, 6.45) is -0.369. The van der Waals surface area contributed by atoms with Crippen LogP contribution in [0.5, 0.6) is 5.75 Å². The lowest BCUT2D eigenvalue weighted by Gasteiger charge is -2.27. The second kappa shape index (κ2) is 11.8. The number of hydrogen-bond acceptors (Lipinski definition) is 12. The Morgan fingerprint density at radius 1 is 1.02 bits per heavy atom. The first-order chi connectivity index (χ1) is 20.7. The number of benzene rings is 2. The number of carbonyl (C=O) groups is 3. The standard InChI is InChI=1S/C27H24N2O12S3/c1-2-28(14-15-3-5-16(6-4-15)26(32)41-29-22(30)9-10-23(29)31)18-8-7-17-11-19(27(33)40-20(17)12-18)25-21(43(34,35)36)13-24(42-25)44(37,38)39/h3-8,11-13,27,33H,2,9-10,14H2,1H3,(H,34,35,36)(H,37,38,39). The zero-order valence-electron chi connectivity index (χ0n) is 22.7. The molecule has 17 heteroatoms. The van der Waals surface area contributed by atoms with Crippen LogP contribution >= 0.6 is 11.3 Å². The average Bonchev–Trinajstić information content (AvgIpc) is 3.56. The van der Waals surface area contributed by atoms with Crippen molar-refractivity contribution in [1.29, 1.82) is 0 Å². The van der Waals surface area contributed by atoms with Crippen LogP contribution in [0, 0.1) is 0 Å². The van der Waals surface area contributed by atoms with Crippen LogP contribution in [-0.4, -0.2) is 66.7 Å². The van der Waals surface area contributed by atoms with E-state index in [-0.39, 0.29) is 34.6 Å². The number of hydrogen-bond donors (Lipinski definition) is 3. The maximum absolute atomic E-state index is 12.4. The molecule has 2 aromatic carbocycles. The van der Waals surface area contributed by atoms with Crippen molar-refractivity contribution in [1.82, 2.24) is 5.06 Å². The molecule has 1 saturated heterocycles. The third-order valence-electron chi connectivity index (χ3n) is 6.77. The highest BCUT2D eigenvalue weighted by molar-refractivity contribution is 7.88. The molecule has 14 nitrogen and oxygen atoms in total. The van der Waals surface area contributed by atoms with E-state index in [9.17, 15) is 45.4 Å². The fourth-order valence-corrected chi connectivity index (χ4v) is 7.52. The molecule has 3 N–H and O–H groups in total. The minimum atomic E-state index is -4.93. The first kappa shape index (κ1) is 31.3. The van der Waals surface area contributed by atoms with Crippen molar-refractivity contribution in [2.75, 3.05) is 11.4 Å². The van der Waals surface area contributed by atoms with Crippen molar-refractivity contribution in [3.8, 4) is 5.75 Å². The highest BCUT2D eigenvalue weighted by atomic mass is 32.3. The Balaban J connectivity index is 1.36. The maximum atomic E-state index is 12.4. The molecule has 1 aromatic heterocycles. The third-order valence-corrected chi connectivity index (χ3v) is 10.3. The lowest BCUT2D eigenvalue weighted by atomic mass is 10.0. The highest BCUT2D eigenvalue weighted by Crippen LogP contribution is 2.42. The van der Waals surface area contributed by atoms with E-state index in [1.54, 1.807) is 30.3 Å². The minimum Gasteiger partial charge on any atom is -0.460 e. The number of aliphatic hydroxyl groups excluding tert-OH is 1. The van der Waals surface area contributed by atoms with Crippen LogP contribution in [0.25, 0.3) is 11.6 Å². The largest absolute Gasteiger partial charge is 0.460 e. The molecular weight excluding hydrogens is 641 g/mol. The van der Waals surface area contributed by atoms with E-state index in [0.29, 0.717) is 46.8 Å². The van der Waals surface area contributed by atoms with Crippen molar-refractivity contribution in [2.24, 2.45) is 0 Å². The van der Waals surface area contributed by atoms with Crippen LogP contribution in [0.1, 0.15) is 46.1 Å². The van der Waals surface area contributed by atoms with Gasteiger partial charge in [0.05, 0.1) is 10.4 Å². The van der Waals surface area contributed by atoms with Gasteiger partial charge in [-0.2, -0.15) is 16.8 Å². The van der Waals surface area contributed by atoms with Gasteiger partial charge in [0.1, 0.15) is 14.9 Å². The average molecular weight is 665 g/mol. The van der Waals surface area contributed by atoms with Gasteiger partial charge in [-0.25, -0.2) is 4.79 Å². The molecule has 1 atom stereocenters. The normalized spacial score (nSPS) is 16.8. The molecule has 3 aromatic rings. The Kier molecular flexibility index (Phi) is 8.36. The minimum absolute atomic E-state index is 0.0104. The van der Waals surface area contributed by atoms with E-state index in [4.69, 9.17) is 9.57 Å². The number of thiophene rings is 1. The molecule has 0 radical (unpaired) electrons. The monoisotopic (exact) mass is 664 g/mol. The highest BCUT2D eigenvalue weighted by Gasteiger charge is 2.34. The molecule has 1 unspecified atom stereocenters. The van der Waals surface area contributed by atoms with Gasteiger partial charge in [0.15, 0.2) is 0 Å². The molecule has 232 valence electrons. The summed E-state index contributed by atoms with van der Waals surface area (Å²) in [5, 5.41) is 11.2. The fourth-order valence-electron chi connectivity index (χ4n) is 4.56. The third kappa shape index (κ3) is 6.37. The zero-order chi connectivity index (χ0) is 32.0. The van der Waals surface area contributed by atoms with Crippen molar-refractivity contribution < 1.29 is 55.0 Å². The summed E-state index contributed by atoms with van der Waals surface area (Å²) in [7, 11) is -9.73. The number of imide groups is 1. The van der Waals surface area contributed by atoms with E-state index in [0.717, 1.165) is 5.56 Å². The number of aliphatic hydroxyl groups is 1. The molecule has 0 spiro atoms. The van der Waals surface area contributed by atoms with Crippen LogP contribution in [-0.2, 0) is 41.2 Å². The quantitative estimate of drug-likeness (QED) is 0.223. The Bertz CT molecular complexity index is 1900. The number of ether oxygens (including phenoxy) is 1. The summed E-state index contributed by atoms with van der Waals surface area (Å²) in [4.78, 5) is 41.6. The molecule has 0 aliphatic carbocycles. The number of anilines is 1. The number of fused-ring (bicyclic) bond motifs is 1. The van der Waals surface area contributed by atoms with Gasteiger partial charge in [-0.1, -0.05) is 12.1 Å². The van der Waals surface area contributed by atoms with E-state index in [1.165, 1.54) is 18.2 Å². The Morgan fingerprint density at radius 2 is 1.68 bits per heavy atom. The number of nitrogens with zero attached hydrogens (tertiary/aromatic N) is 2. The van der Waals surface area contributed by atoms with Gasteiger partial charge in [-0.3, -0.25) is 18.7 Å². The Hall–Kier alpha value is -4.13. The van der Waals surface area contributed by atoms with Crippen LogP contribution < -0.4 is 9.64 Å². The van der Waals surface area contributed by atoms with Crippen molar-refractivity contribution in [2.45, 2.75) is 41.7 Å². The topological polar surface area (TPSA) is 205 Å². The van der Waals surface area contributed by atoms with Crippen LogP contribution in [0.2, 0.25) is 0 Å². The van der Waals surface area contributed by atoms with Crippen molar-refractivity contribution >= 4 is 66.7 Å². The van der Waals surface area contributed by atoms with Gasteiger partial charge in [0.25, 0.3) is 21.9 Å². The molecule has 1 fully saturated rings. The van der Waals surface area contributed by atoms with E-state index in [2.05, 4.69) is 0 Å². The molecule has 3 heterocycles. The molecule has 2 aliphatic rings. The maximum Gasteiger partial charge on any atom is 0.363 e. The van der Waals surface area contributed by atoms with Gasteiger partial charge in [-0.05, 0) is 48.9 Å². The smallest absolute Gasteiger partial charge is 0.363 e. The van der Waals surface area contributed by atoms with Crippen molar-refractivity contribution in [3.05, 3.63) is 70.1 Å². The summed E-state index contributed by atoms with van der Waals surface area (Å²) >= 11 is 0.347. The number of rotatable bonds is 9. The van der Waals surface area contributed by atoms with Crippen LogP contribution in [0.15, 0.2) is 57.6 Å². The lowest BCUT2D eigenvalue weighted by molar-refractivity contribution is -0.172. The molecule has 2 aliphatic heterocycles. The number of hydroxylamine groups is 2. The zero-order valence-corrected chi connectivity index (χ0v) is 25.2.